The summed E-state index contributed by atoms with van der Waals surface area (Å²) in [5, 5.41) is -0.796. The fourth-order valence-corrected chi connectivity index (χ4v) is 1.23. The number of carbonyl (C=O) groups excluding carboxylic acids is 1. The molecule has 0 aliphatic heterocycles. The molecule has 1 rings (SSSR count). The third-order valence-corrected chi connectivity index (χ3v) is 2.18. The van der Waals surface area contributed by atoms with Gasteiger partial charge in [-0.2, -0.15) is 0 Å². The van der Waals surface area contributed by atoms with Crippen molar-refractivity contribution >= 4 is 17.5 Å². The van der Waals surface area contributed by atoms with Gasteiger partial charge in [0.1, 0.15) is 11.1 Å². The van der Waals surface area contributed by atoms with Gasteiger partial charge in [0.25, 0.3) is 0 Å². The molecule has 1 aromatic rings. The van der Waals surface area contributed by atoms with E-state index in [1.165, 1.54) is 0 Å². The van der Waals surface area contributed by atoms with Crippen LogP contribution >= 0.6 is 11.6 Å². The molecular weight excluding hydrogens is 202 g/mol. The molecule has 14 heavy (non-hydrogen) atoms. The van der Waals surface area contributed by atoms with Crippen molar-refractivity contribution in [2.45, 2.75) is 12.3 Å². The highest BCUT2D eigenvalue weighted by Gasteiger charge is 2.14. The quantitative estimate of drug-likeness (QED) is 0.777. The van der Waals surface area contributed by atoms with Crippen LogP contribution in [0.25, 0.3) is 0 Å². The molecule has 0 saturated carbocycles. The smallest absolute Gasteiger partial charge is 0.240 e. The van der Waals surface area contributed by atoms with Crippen LogP contribution in [-0.2, 0) is 4.79 Å². The Morgan fingerprint density at radius 2 is 2.36 bits per heavy atom. The first-order chi connectivity index (χ1) is 6.65. The molecule has 0 fully saturated rings. The Hall–Kier alpha value is -1.22. The summed E-state index contributed by atoms with van der Waals surface area (Å²) in [4.78, 5) is 10.8. The van der Waals surface area contributed by atoms with Gasteiger partial charge in [0, 0.05) is 0 Å². The summed E-state index contributed by atoms with van der Waals surface area (Å²) >= 11 is 5.78. The average molecular weight is 214 g/mol. The van der Waals surface area contributed by atoms with Crippen LogP contribution in [0, 0.1) is 0 Å². The second-order valence-electron chi connectivity index (χ2n) is 2.77. The molecule has 0 saturated heterocycles. The lowest BCUT2D eigenvalue weighted by Gasteiger charge is -2.08. The largest absolute Gasteiger partial charge is 0.494 e. The number of rotatable bonds is 4. The number of carbonyl (C=O) groups is 1. The highest BCUT2D eigenvalue weighted by atomic mass is 35.5. The van der Waals surface area contributed by atoms with Crippen molar-refractivity contribution in [3.05, 3.63) is 29.8 Å². The van der Waals surface area contributed by atoms with Gasteiger partial charge in [-0.15, -0.1) is 11.6 Å². The van der Waals surface area contributed by atoms with Gasteiger partial charge in [0.2, 0.25) is 5.91 Å². The molecule has 2 N–H and O–H groups in total. The Labute approximate surface area is 87.8 Å². The molecular formula is C10H12ClNO2. The number of halogens is 1. The van der Waals surface area contributed by atoms with Gasteiger partial charge in [0.05, 0.1) is 6.61 Å². The summed E-state index contributed by atoms with van der Waals surface area (Å²) in [7, 11) is 0. The summed E-state index contributed by atoms with van der Waals surface area (Å²) < 4.78 is 5.27. The van der Waals surface area contributed by atoms with E-state index in [1.54, 1.807) is 24.3 Å². The number of amides is 1. The van der Waals surface area contributed by atoms with Crippen molar-refractivity contribution in [1.82, 2.24) is 0 Å². The van der Waals surface area contributed by atoms with Crippen LogP contribution in [-0.4, -0.2) is 12.5 Å². The van der Waals surface area contributed by atoms with Crippen molar-refractivity contribution in [3.63, 3.8) is 0 Å². The molecule has 0 spiro atoms. The molecule has 1 unspecified atom stereocenters. The molecule has 76 valence electrons. The van der Waals surface area contributed by atoms with Crippen molar-refractivity contribution in [2.24, 2.45) is 5.73 Å². The molecule has 3 nitrogen and oxygen atoms in total. The Balaban J connectivity index is 2.87. The van der Waals surface area contributed by atoms with Gasteiger partial charge in [0.15, 0.2) is 0 Å². The summed E-state index contributed by atoms with van der Waals surface area (Å²) in [6.07, 6.45) is 0. The van der Waals surface area contributed by atoms with Crippen molar-refractivity contribution in [2.75, 3.05) is 6.61 Å². The van der Waals surface area contributed by atoms with E-state index in [4.69, 9.17) is 22.1 Å². The zero-order chi connectivity index (χ0) is 10.6. The first-order valence-electron chi connectivity index (χ1n) is 4.31. The minimum absolute atomic E-state index is 0.555. The van der Waals surface area contributed by atoms with E-state index in [-0.39, 0.29) is 0 Å². The molecule has 0 heterocycles. The topological polar surface area (TPSA) is 52.3 Å². The fourth-order valence-electron chi connectivity index (χ4n) is 1.09. The van der Waals surface area contributed by atoms with Crippen LogP contribution in [0.2, 0.25) is 0 Å². The van der Waals surface area contributed by atoms with E-state index >= 15 is 0 Å². The van der Waals surface area contributed by atoms with Crippen LogP contribution in [0.3, 0.4) is 0 Å². The van der Waals surface area contributed by atoms with Crippen LogP contribution in [0.4, 0.5) is 0 Å². The van der Waals surface area contributed by atoms with E-state index in [9.17, 15) is 4.79 Å². The summed E-state index contributed by atoms with van der Waals surface area (Å²) in [5.74, 6) is 0.136. The van der Waals surface area contributed by atoms with E-state index < -0.39 is 11.3 Å². The van der Waals surface area contributed by atoms with Gasteiger partial charge in [-0.05, 0) is 24.6 Å². The molecule has 0 bridgehead atoms. The lowest BCUT2D eigenvalue weighted by molar-refractivity contribution is -0.117. The summed E-state index contributed by atoms with van der Waals surface area (Å²) in [6, 6.07) is 7.03. The van der Waals surface area contributed by atoms with Gasteiger partial charge >= 0.3 is 0 Å². The van der Waals surface area contributed by atoms with Crippen LogP contribution < -0.4 is 10.5 Å². The maximum atomic E-state index is 10.8. The Morgan fingerprint density at radius 1 is 1.64 bits per heavy atom. The van der Waals surface area contributed by atoms with Gasteiger partial charge in [-0.1, -0.05) is 12.1 Å². The highest BCUT2D eigenvalue weighted by Crippen LogP contribution is 2.23. The Bertz CT molecular complexity index is 328. The molecule has 1 amide bonds. The second kappa shape index (κ2) is 4.86. The Kier molecular flexibility index (Phi) is 3.77. The molecule has 0 aliphatic rings. The van der Waals surface area contributed by atoms with Gasteiger partial charge in [-0.3, -0.25) is 4.79 Å². The number of hydrogen-bond donors (Lipinski definition) is 1. The predicted molar refractivity (Wildman–Crippen MR) is 55.4 cm³/mol. The normalized spacial score (nSPS) is 12.1. The first-order valence-corrected chi connectivity index (χ1v) is 4.75. The van der Waals surface area contributed by atoms with Crippen LogP contribution in [0.1, 0.15) is 17.9 Å². The predicted octanol–water partition coefficient (Wildman–Crippen LogP) is 1.85. The zero-order valence-electron chi connectivity index (χ0n) is 7.87. The molecule has 0 aromatic heterocycles. The molecule has 0 aliphatic carbocycles. The van der Waals surface area contributed by atoms with Crippen molar-refractivity contribution < 1.29 is 9.53 Å². The monoisotopic (exact) mass is 213 g/mol. The minimum Gasteiger partial charge on any atom is -0.494 e. The lowest BCUT2D eigenvalue weighted by Crippen LogP contribution is -2.16. The number of benzene rings is 1. The van der Waals surface area contributed by atoms with Gasteiger partial charge in [-0.25, -0.2) is 0 Å². The third kappa shape index (κ3) is 2.64. The first kappa shape index (κ1) is 10.9. The van der Waals surface area contributed by atoms with E-state index in [0.717, 1.165) is 0 Å². The maximum absolute atomic E-state index is 10.8. The number of ether oxygens (including phenoxy) is 1. The SMILES string of the molecule is CCOc1cccc(C(Cl)C(N)=O)c1. The van der Waals surface area contributed by atoms with Crippen LogP contribution in [0.15, 0.2) is 24.3 Å². The lowest BCUT2D eigenvalue weighted by atomic mass is 10.1. The zero-order valence-corrected chi connectivity index (χ0v) is 8.62. The highest BCUT2D eigenvalue weighted by molar-refractivity contribution is 6.30. The van der Waals surface area contributed by atoms with Crippen LogP contribution in [0.5, 0.6) is 5.75 Å². The Morgan fingerprint density at radius 3 is 2.93 bits per heavy atom. The van der Waals surface area contributed by atoms with Crippen molar-refractivity contribution in [3.8, 4) is 5.75 Å². The number of hydrogen-bond acceptors (Lipinski definition) is 2. The maximum Gasteiger partial charge on any atom is 0.240 e. The van der Waals surface area contributed by atoms with E-state index in [1.807, 2.05) is 6.92 Å². The minimum atomic E-state index is -0.796. The van der Waals surface area contributed by atoms with E-state index in [2.05, 4.69) is 0 Å². The third-order valence-electron chi connectivity index (χ3n) is 1.71. The van der Waals surface area contributed by atoms with Gasteiger partial charge < -0.3 is 10.5 Å². The molecule has 1 aromatic carbocycles. The standard InChI is InChI=1S/C10H12ClNO2/c1-2-14-8-5-3-4-7(6-8)9(11)10(12)13/h3-6,9H,2H2,1H3,(H2,12,13). The summed E-state index contributed by atoms with van der Waals surface area (Å²) in [5.41, 5.74) is 5.74. The van der Waals surface area contributed by atoms with Crippen molar-refractivity contribution in [1.29, 1.82) is 0 Å². The number of nitrogens with two attached hydrogens (primary N) is 1. The summed E-state index contributed by atoms with van der Waals surface area (Å²) in [6.45, 7) is 2.46. The second-order valence-corrected chi connectivity index (χ2v) is 3.21. The fraction of sp³-hybridized carbons (Fsp3) is 0.300. The molecule has 4 heteroatoms. The number of alkyl halides is 1. The molecule has 0 radical (unpaired) electrons. The van der Waals surface area contributed by atoms with E-state index in [0.29, 0.717) is 17.9 Å². The molecule has 1 atom stereocenters. The average Bonchev–Trinajstić information content (AvgIpc) is 2.17. The number of primary amides is 1.